The van der Waals surface area contributed by atoms with E-state index in [9.17, 15) is 4.79 Å². The molecular formula is C16H24ClNO2. The van der Waals surface area contributed by atoms with Gasteiger partial charge in [-0.15, -0.1) is 12.4 Å². The molecule has 3 nitrogen and oxygen atoms in total. The number of carbonyl (C=O) groups is 1. The molecule has 1 aromatic rings. The fourth-order valence-corrected chi connectivity index (χ4v) is 2.86. The van der Waals surface area contributed by atoms with Crippen molar-refractivity contribution in [3.05, 3.63) is 35.4 Å². The zero-order chi connectivity index (χ0) is 13.7. The van der Waals surface area contributed by atoms with Crippen molar-refractivity contribution < 1.29 is 9.90 Å². The number of carbonyl (C=O) groups excluding carboxylic acids is 1. The molecule has 0 unspecified atom stereocenters. The van der Waals surface area contributed by atoms with E-state index in [-0.39, 0.29) is 30.7 Å². The van der Waals surface area contributed by atoms with Crippen LogP contribution < -0.4 is 5.73 Å². The predicted molar refractivity (Wildman–Crippen MR) is 83.3 cm³/mol. The van der Waals surface area contributed by atoms with Crippen molar-refractivity contribution >= 4 is 18.2 Å². The van der Waals surface area contributed by atoms with Crippen LogP contribution in [-0.4, -0.2) is 24.0 Å². The number of hydrogen-bond donors (Lipinski definition) is 2. The lowest BCUT2D eigenvalue weighted by atomic mass is 9.78. The van der Waals surface area contributed by atoms with Gasteiger partial charge in [-0.3, -0.25) is 4.79 Å². The summed E-state index contributed by atoms with van der Waals surface area (Å²) < 4.78 is 0. The summed E-state index contributed by atoms with van der Waals surface area (Å²) in [6.07, 6.45) is 4.75. The van der Waals surface area contributed by atoms with E-state index in [1.54, 1.807) is 0 Å². The summed E-state index contributed by atoms with van der Waals surface area (Å²) in [6.45, 7) is 0.896. The van der Waals surface area contributed by atoms with Gasteiger partial charge in [-0.05, 0) is 50.1 Å². The lowest BCUT2D eigenvalue weighted by Gasteiger charge is -2.26. The molecule has 1 fully saturated rings. The molecule has 0 bridgehead atoms. The minimum absolute atomic E-state index is 0. The van der Waals surface area contributed by atoms with Gasteiger partial charge in [0.05, 0.1) is 0 Å². The molecule has 0 aliphatic heterocycles. The topological polar surface area (TPSA) is 63.3 Å². The number of rotatable bonds is 5. The van der Waals surface area contributed by atoms with Crippen LogP contribution in [0.1, 0.15) is 41.6 Å². The summed E-state index contributed by atoms with van der Waals surface area (Å²) in [5, 5.41) is 8.87. The molecule has 4 heteroatoms. The van der Waals surface area contributed by atoms with Crippen molar-refractivity contribution in [3.8, 4) is 0 Å². The highest BCUT2D eigenvalue weighted by atomic mass is 35.5. The van der Waals surface area contributed by atoms with Crippen molar-refractivity contribution in [1.82, 2.24) is 0 Å². The van der Waals surface area contributed by atoms with Gasteiger partial charge in [-0.1, -0.05) is 24.3 Å². The van der Waals surface area contributed by atoms with Crippen LogP contribution >= 0.6 is 12.4 Å². The largest absolute Gasteiger partial charge is 0.396 e. The van der Waals surface area contributed by atoms with Crippen molar-refractivity contribution in [2.45, 2.75) is 32.1 Å². The number of Topliss-reactive ketones (excluding diaryl/α,β-unsaturated/α-hetero) is 1. The second-order valence-electron chi connectivity index (χ2n) is 5.49. The van der Waals surface area contributed by atoms with Gasteiger partial charge < -0.3 is 10.8 Å². The standard InChI is InChI=1S/C16H23NO2.ClH/c17-11-13-3-7-15(8-4-13)16(19)14-5-1-12(2-6-14)9-10-18;/h1-2,5-6,13,15,18H,3-4,7-11,17H2;1H/t13-,15-;. The number of hydrogen-bond acceptors (Lipinski definition) is 3. The average molecular weight is 298 g/mol. The Kier molecular flexibility index (Phi) is 7.20. The molecule has 112 valence electrons. The Hall–Kier alpha value is -0.900. The van der Waals surface area contributed by atoms with Gasteiger partial charge in [0.2, 0.25) is 0 Å². The van der Waals surface area contributed by atoms with Crippen LogP contribution in [0.5, 0.6) is 0 Å². The van der Waals surface area contributed by atoms with Crippen LogP contribution in [0, 0.1) is 11.8 Å². The number of aliphatic hydroxyl groups excluding tert-OH is 1. The van der Waals surface area contributed by atoms with Gasteiger partial charge in [-0.25, -0.2) is 0 Å². The van der Waals surface area contributed by atoms with Gasteiger partial charge in [-0.2, -0.15) is 0 Å². The molecule has 2 rings (SSSR count). The highest BCUT2D eigenvalue weighted by molar-refractivity contribution is 5.97. The molecule has 3 N–H and O–H groups in total. The third-order valence-electron chi connectivity index (χ3n) is 4.19. The summed E-state index contributed by atoms with van der Waals surface area (Å²) in [5.74, 6) is 1.05. The first-order chi connectivity index (χ1) is 9.24. The number of ketones is 1. The molecule has 1 saturated carbocycles. The lowest BCUT2D eigenvalue weighted by molar-refractivity contribution is 0.0873. The Bertz CT molecular complexity index is 411. The number of halogens is 1. The Morgan fingerprint density at radius 2 is 1.75 bits per heavy atom. The van der Waals surface area contributed by atoms with Gasteiger partial charge in [0.1, 0.15) is 0 Å². The minimum atomic E-state index is 0. The van der Waals surface area contributed by atoms with Gasteiger partial charge in [0.25, 0.3) is 0 Å². The summed E-state index contributed by atoms with van der Waals surface area (Å²) in [5.41, 5.74) is 7.55. The van der Waals surface area contributed by atoms with Crippen molar-refractivity contribution in [3.63, 3.8) is 0 Å². The molecule has 0 amide bonds. The molecule has 20 heavy (non-hydrogen) atoms. The van der Waals surface area contributed by atoms with E-state index in [4.69, 9.17) is 10.8 Å². The molecule has 0 spiro atoms. The van der Waals surface area contributed by atoms with Crippen LogP contribution in [0.4, 0.5) is 0 Å². The minimum Gasteiger partial charge on any atom is -0.396 e. The van der Waals surface area contributed by atoms with Gasteiger partial charge >= 0.3 is 0 Å². The highest BCUT2D eigenvalue weighted by Crippen LogP contribution is 2.30. The second-order valence-corrected chi connectivity index (χ2v) is 5.49. The van der Waals surface area contributed by atoms with E-state index in [2.05, 4.69) is 0 Å². The molecule has 0 aromatic heterocycles. The van der Waals surface area contributed by atoms with Crippen molar-refractivity contribution in [2.75, 3.05) is 13.2 Å². The summed E-state index contributed by atoms with van der Waals surface area (Å²) in [6, 6.07) is 7.66. The predicted octanol–water partition coefficient (Wildman–Crippen LogP) is 2.59. The normalized spacial score (nSPS) is 22.1. The molecule has 0 radical (unpaired) electrons. The van der Waals surface area contributed by atoms with E-state index in [0.717, 1.165) is 43.4 Å². The molecule has 1 aliphatic rings. The fourth-order valence-electron chi connectivity index (χ4n) is 2.86. The van der Waals surface area contributed by atoms with E-state index in [1.165, 1.54) is 0 Å². The SMILES string of the molecule is Cl.NC[C@H]1CC[C@H](C(=O)c2ccc(CCO)cc2)CC1. The second kappa shape index (κ2) is 8.40. The Balaban J connectivity index is 0.00000200. The van der Waals surface area contributed by atoms with Crippen LogP contribution in [0.3, 0.4) is 0 Å². The molecular weight excluding hydrogens is 274 g/mol. The maximum atomic E-state index is 12.4. The average Bonchev–Trinajstić information content (AvgIpc) is 2.48. The first kappa shape index (κ1) is 17.2. The zero-order valence-electron chi connectivity index (χ0n) is 11.8. The van der Waals surface area contributed by atoms with E-state index < -0.39 is 0 Å². The van der Waals surface area contributed by atoms with Crippen LogP contribution in [-0.2, 0) is 6.42 Å². The first-order valence-corrected chi connectivity index (χ1v) is 7.18. The lowest BCUT2D eigenvalue weighted by Crippen LogP contribution is -2.25. The third kappa shape index (κ3) is 4.30. The molecule has 0 saturated heterocycles. The zero-order valence-corrected chi connectivity index (χ0v) is 12.6. The summed E-state index contributed by atoms with van der Waals surface area (Å²) >= 11 is 0. The van der Waals surface area contributed by atoms with Gasteiger partial charge in [0, 0.05) is 18.1 Å². The third-order valence-corrected chi connectivity index (χ3v) is 4.19. The van der Waals surface area contributed by atoms with Crippen molar-refractivity contribution in [2.24, 2.45) is 17.6 Å². The van der Waals surface area contributed by atoms with E-state index in [1.807, 2.05) is 24.3 Å². The van der Waals surface area contributed by atoms with Crippen LogP contribution in [0.2, 0.25) is 0 Å². The van der Waals surface area contributed by atoms with Crippen molar-refractivity contribution in [1.29, 1.82) is 0 Å². The monoisotopic (exact) mass is 297 g/mol. The Labute approximate surface area is 127 Å². The Morgan fingerprint density at radius 3 is 2.25 bits per heavy atom. The molecule has 0 heterocycles. The van der Waals surface area contributed by atoms with E-state index >= 15 is 0 Å². The quantitative estimate of drug-likeness (QED) is 0.821. The summed E-state index contributed by atoms with van der Waals surface area (Å²) in [4.78, 5) is 12.4. The number of aliphatic hydroxyl groups is 1. The maximum absolute atomic E-state index is 12.4. The fraction of sp³-hybridized carbons (Fsp3) is 0.562. The number of benzene rings is 1. The molecule has 1 aliphatic carbocycles. The highest BCUT2D eigenvalue weighted by Gasteiger charge is 2.26. The number of nitrogens with two attached hydrogens (primary N) is 1. The van der Waals surface area contributed by atoms with E-state index in [0.29, 0.717) is 12.3 Å². The molecule has 0 atom stereocenters. The maximum Gasteiger partial charge on any atom is 0.165 e. The molecule has 1 aromatic carbocycles. The van der Waals surface area contributed by atoms with Gasteiger partial charge in [0.15, 0.2) is 5.78 Å². The smallest absolute Gasteiger partial charge is 0.165 e. The van der Waals surface area contributed by atoms with Crippen LogP contribution in [0.15, 0.2) is 24.3 Å². The van der Waals surface area contributed by atoms with Crippen LogP contribution in [0.25, 0.3) is 0 Å². The first-order valence-electron chi connectivity index (χ1n) is 7.18. The Morgan fingerprint density at radius 1 is 1.15 bits per heavy atom. The summed E-state index contributed by atoms with van der Waals surface area (Å²) in [7, 11) is 0.